The number of aromatic nitrogens is 2. The fraction of sp³-hybridized carbons (Fsp3) is 0.421. The first-order valence-corrected chi connectivity index (χ1v) is 8.67. The van der Waals surface area contributed by atoms with Crippen LogP contribution in [0, 0.1) is 6.92 Å². The van der Waals surface area contributed by atoms with E-state index in [4.69, 9.17) is 9.84 Å². The van der Waals surface area contributed by atoms with Crippen LogP contribution in [0.4, 0.5) is 0 Å². The number of carboxylic acid groups (broad SMARTS) is 1. The molecule has 1 amide bonds. The second-order valence-electron chi connectivity index (χ2n) is 6.53. The maximum absolute atomic E-state index is 12.5. The molecular formula is C19H23N3O4. The number of piperidine rings is 1. The lowest BCUT2D eigenvalue weighted by molar-refractivity contribution is -0.131. The topological polar surface area (TPSA) is 84.7 Å². The summed E-state index contributed by atoms with van der Waals surface area (Å²) in [5, 5.41) is 13.4. The standard InChI is InChI=1S/C19H23N3O4/c1-13-17(19(24)25)12-20-22(13)15-7-9-21(10-8-15)18(23)11-14-3-5-16(26-2)6-4-14/h3-6,12,15H,7-11H2,1-2H3,(H,24,25). The molecule has 0 saturated carbocycles. The average Bonchev–Trinajstić information content (AvgIpc) is 3.04. The molecule has 0 unspecified atom stereocenters. The zero-order valence-corrected chi connectivity index (χ0v) is 15.0. The van der Waals surface area contributed by atoms with Crippen LogP contribution >= 0.6 is 0 Å². The molecule has 1 saturated heterocycles. The van der Waals surface area contributed by atoms with Crippen LogP contribution in [-0.4, -0.2) is 51.9 Å². The number of carbonyl (C=O) groups is 2. The van der Waals surface area contributed by atoms with E-state index in [1.165, 1.54) is 6.20 Å². The van der Waals surface area contributed by atoms with Crippen LogP contribution in [0.15, 0.2) is 30.5 Å². The van der Waals surface area contributed by atoms with Crippen molar-refractivity contribution in [3.8, 4) is 5.75 Å². The lowest BCUT2D eigenvalue weighted by Crippen LogP contribution is -2.40. The van der Waals surface area contributed by atoms with Crippen LogP contribution in [-0.2, 0) is 11.2 Å². The number of amides is 1. The molecule has 0 spiro atoms. The predicted molar refractivity (Wildman–Crippen MR) is 95.5 cm³/mol. The van der Waals surface area contributed by atoms with E-state index >= 15 is 0 Å². The molecule has 1 fully saturated rings. The van der Waals surface area contributed by atoms with Crippen LogP contribution in [0.1, 0.15) is 40.5 Å². The minimum atomic E-state index is -0.958. The highest BCUT2D eigenvalue weighted by atomic mass is 16.5. The third-order valence-electron chi connectivity index (χ3n) is 4.95. The van der Waals surface area contributed by atoms with Gasteiger partial charge < -0.3 is 14.7 Å². The van der Waals surface area contributed by atoms with Gasteiger partial charge >= 0.3 is 5.97 Å². The Morgan fingerprint density at radius 2 is 1.88 bits per heavy atom. The van der Waals surface area contributed by atoms with Crippen molar-refractivity contribution in [3.05, 3.63) is 47.3 Å². The first-order valence-electron chi connectivity index (χ1n) is 8.67. The minimum Gasteiger partial charge on any atom is -0.497 e. The summed E-state index contributed by atoms with van der Waals surface area (Å²) < 4.78 is 6.92. The van der Waals surface area contributed by atoms with Gasteiger partial charge in [-0.3, -0.25) is 9.48 Å². The molecule has 7 heteroatoms. The summed E-state index contributed by atoms with van der Waals surface area (Å²) in [6.07, 6.45) is 3.32. The molecule has 1 aliphatic rings. The maximum atomic E-state index is 12.5. The molecule has 0 atom stereocenters. The number of carbonyl (C=O) groups excluding carboxylic acids is 1. The van der Waals surface area contributed by atoms with E-state index in [1.54, 1.807) is 18.7 Å². The number of benzene rings is 1. The maximum Gasteiger partial charge on any atom is 0.339 e. The van der Waals surface area contributed by atoms with Gasteiger partial charge in [-0.15, -0.1) is 0 Å². The quantitative estimate of drug-likeness (QED) is 0.888. The predicted octanol–water partition coefficient (Wildman–Crippen LogP) is 2.30. The first-order chi connectivity index (χ1) is 12.5. The molecule has 7 nitrogen and oxygen atoms in total. The Labute approximate surface area is 152 Å². The highest BCUT2D eigenvalue weighted by molar-refractivity contribution is 5.88. The van der Waals surface area contributed by atoms with Crippen molar-refractivity contribution < 1.29 is 19.4 Å². The van der Waals surface area contributed by atoms with E-state index in [-0.39, 0.29) is 17.5 Å². The molecule has 0 aliphatic carbocycles. The van der Waals surface area contributed by atoms with Crippen LogP contribution in [0.3, 0.4) is 0 Å². The minimum absolute atomic E-state index is 0.108. The van der Waals surface area contributed by atoms with Gasteiger partial charge in [0.15, 0.2) is 0 Å². The van der Waals surface area contributed by atoms with Gasteiger partial charge in [0.05, 0.1) is 31.5 Å². The molecule has 1 aliphatic heterocycles. The number of methoxy groups -OCH3 is 1. The summed E-state index contributed by atoms with van der Waals surface area (Å²) in [6, 6.07) is 7.66. The second-order valence-corrected chi connectivity index (χ2v) is 6.53. The van der Waals surface area contributed by atoms with E-state index in [2.05, 4.69) is 5.10 Å². The van der Waals surface area contributed by atoms with Gasteiger partial charge in [0, 0.05) is 13.1 Å². The molecular weight excluding hydrogens is 334 g/mol. The lowest BCUT2D eigenvalue weighted by Gasteiger charge is -2.32. The van der Waals surface area contributed by atoms with Crippen molar-refractivity contribution in [1.29, 1.82) is 0 Å². The molecule has 1 aromatic carbocycles. The molecule has 0 bridgehead atoms. The summed E-state index contributed by atoms with van der Waals surface area (Å²) >= 11 is 0. The number of likely N-dealkylation sites (tertiary alicyclic amines) is 1. The average molecular weight is 357 g/mol. The van der Waals surface area contributed by atoms with Gasteiger partial charge in [-0.2, -0.15) is 5.10 Å². The molecule has 1 N–H and O–H groups in total. The van der Waals surface area contributed by atoms with Gasteiger partial charge in [-0.25, -0.2) is 4.79 Å². The SMILES string of the molecule is COc1ccc(CC(=O)N2CCC(n3ncc(C(=O)O)c3C)CC2)cc1. The molecule has 2 heterocycles. The summed E-state index contributed by atoms with van der Waals surface area (Å²) in [6.45, 7) is 3.08. The van der Waals surface area contributed by atoms with E-state index in [0.717, 1.165) is 24.2 Å². The molecule has 1 aromatic heterocycles. The number of carboxylic acids is 1. The normalized spacial score (nSPS) is 15.1. The van der Waals surface area contributed by atoms with Crippen molar-refractivity contribution in [2.75, 3.05) is 20.2 Å². The highest BCUT2D eigenvalue weighted by Crippen LogP contribution is 2.25. The van der Waals surface area contributed by atoms with E-state index < -0.39 is 5.97 Å². The van der Waals surface area contributed by atoms with Gasteiger partial charge in [-0.1, -0.05) is 12.1 Å². The second kappa shape index (κ2) is 7.59. The Balaban J connectivity index is 1.57. The molecule has 138 valence electrons. The Hall–Kier alpha value is -2.83. The fourth-order valence-electron chi connectivity index (χ4n) is 3.39. The third kappa shape index (κ3) is 3.71. The van der Waals surface area contributed by atoms with Crippen LogP contribution < -0.4 is 4.74 Å². The van der Waals surface area contributed by atoms with Crippen LogP contribution in [0.2, 0.25) is 0 Å². The summed E-state index contributed by atoms with van der Waals surface area (Å²) in [4.78, 5) is 25.6. The molecule has 2 aromatic rings. The Bertz CT molecular complexity index is 790. The molecule has 0 radical (unpaired) electrons. The van der Waals surface area contributed by atoms with Crippen molar-refractivity contribution >= 4 is 11.9 Å². The van der Waals surface area contributed by atoms with Crippen molar-refractivity contribution in [2.45, 2.75) is 32.2 Å². The Morgan fingerprint density at radius 1 is 1.23 bits per heavy atom. The van der Waals surface area contributed by atoms with Gasteiger partial charge in [0.2, 0.25) is 5.91 Å². The number of ether oxygens (including phenoxy) is 1. The first kappa shape index (κ1) is 18.0. The number of hydrogen-bond donors (Lipinski definition) is 1. The highest BCUT2D eigenvalue weighted by Gasteiger charge is 2.26. The number of hydrogen-bond acceptors (Lipinski definition) is 4. The van der Waals surface area contributed by atoms with E-state index in [1.807, 2.05) is 29.2 Å². The van der Waals surface area contributed by atoms with Gasteiger partial charge in [0.1, 0.15) is 11.3 Å². The van der Waals surface area contributed by atoms with Crippen molar-refractivity contribution in [2.24, 2.45) is 0 Å². The zero-order valence-electron chi connectivity index (χ0n) is 15.0. The lowest BCUT2D eigenvalue weighted by atomic mass is 10.0. The number of aromatic carboxylic acids is 1. The fourth-order valence-corrected chi connectivity index (χ4v) is 3.39. The molecule has 26 heavy (non-hydrogen) atoms. The van der Waals surface area contributed by atoms with Gasteiger partial charge in [-0.05, 0) is 37.5 Å². The Kier molecular flexibility index (Phi) is 5.25. The van der Waals surface area contributed by atoms with Crippen molar-refractivity contribution in [3.63, 3.8) is 0 Å². The third-order valence-corrected chi connectivity index (χ3v) is 4.95. The van der Waals surface area contributed by atoms with E-state index in [0.29, 0.717) is 25.2 Å². The van der Waals surface area contributed by atoms with E-state index in [9.17, 15) is 9.59 Å². The summed E-state index contributed by atoms with van der Waals surface area (Å²) in [5.74, 6) is -0.0739. The zero-order chi connectivity index (χ0) is 18.7. The number of nitrogens with zero attached hydrogens (tertiary/aromatic N) is 3. The summed E-state index contributed by atoms with van der Waals surface area (Å²) in [7, 11) is 1.62. The van der Waals surface area contributed by atoms with Gasteiger partial charge in [0.25, 0.3) is 0 Å². The number of rotatable bonds is 5. The molecule has 3 rings (SSSR count). The monoisotopic (exact) mass is 357 g/mol. The smallest absolute Gasteiger partial charge is 0.339 e. The largest absolute Gasteiger partial charge is 0.497 e. The Morgan fingerprint density at radius 3 is 2.42 bits per heavy atom. The van der Waals surface area contributed by atoms with Crippen LogP contribution in [0.25, 0.3) is 0 Å². The van der Waals surface area contributed by atoms with Crippen molar-refractivity contribution in [1.82, 2.24) is 14.7 Å². The van der Waals surface area contributed by atoms with Crippen LogP contribution in [0.5, 0.6) is 5.75 Å². The summed E-state index contributed by atoms with van der Waals surface area (Å²) in [5.41, 5.74) is 1.87.